The number of aryl methyl sites for hydroxylation is 1. The Hall–Kier alpha value is -3.23. The molecule has 2 aromatic heterocycles. The van der Waals surface area contributed by atoms with Gasteiger partial charge in [0.05, 0.1) is 41.7 Å². The molecule has 2 aliphatic heterocycles. The van der Waals surface area contributed by atoms with Gasteiger partial charge in [0.25, 0.3) is 5.91 Å². The molecular weight excluding hydrogens is 358 g/mol. The maximum Gasteiger partial charge on any atom is 0.254 e. The highest BCUT2D eigenvalue weighted by molar-refractivity contribution is 5.98. The third-order valence-electron chi connectivity index (χ3n) is 5.77. The lowest BCUT2D eigenvalue weighted by molar-refractivity contribution is -0.129. The summed E-state index contributed by atoms with van der Waals surface area (Å²) in [6.07, 6.45) is 4.69. The van der Waals surface area contributed by atoms with E-state index in [9.17, 15) is 9.59 Å². The fraction of sp³-hybridized carbons (Fsp3) is 0.421. The summed E-state index contributed by atoms with van der Waals surface area (Å²) in [5.41, 5.74) is 3.16. The summed E-state index contributed by atoms with van der Waals surface area (Å²) >= 11 is 0. The summed E-state index contributed by atoms with van der Waals surface area (Å²) < 4.78 is 1.76. The number of H-pyrrole nitrogens is 1. The van der Waals surface area contributed by atoms with Crippen LogP contribution < -0.4 is 0 Å². The molecule has 0 spiro atoms. The number of aromatic amines is 1. The lowest BCUT2D eigenvalue weighted by Crippen LogP contribution is -2.40. The molecule has 0 unspecified atom stereocenters. The first-order valence-corrected chi connectivity index (χ1v) is 9.50. The summed E-state index contributed by atoms with van der Waals surface area (Å²) in [5, 5.41) is 8.03. The number of fused-ring (bicyclic) bond motifs is 2. The zero-order chi connectivity index (χ0) is 19.3. The van der Waals surface area contributed by atoms with Gasteiger partial charge >= 0.3 is 0 Å². The van der Waals surface area contributed by atoms with Crippen LogP contribution in [0.3, 0.4) is 0 Å². The molecule has 3 aromatic rings. The van der Waals surface area contributed by atoms with Gasteiger partial charge in [-0.15, -0.1) is 5.10 Å². The van der Waals surface area contributed by atoms with Crippen molar-refractivity contribution in [2.24, 2.45) is 0 Å². The van der Waals surface area contributed by atoms with Crippen molar-refractivity contribution in [3.8, 4) is 0 Å². The summed E-state index contributed by atoms with van der Waals surface area (Å²) in [6.45, 7) is 3.76. The van der Waals surface area contributed by atoms with Crippen molar-refractivity contribution in [1.82, 2.24) is 34.8 Å². The molecule has 2 atom stereocenters. The molecule has 0 saturated carbocycles. The van der Waals surface area contributed by atoms with Crippen LogP contribution in [0, 0.1) is 6.92 Å². The molecule has 2 saturated heterocycles. The average molecular weight is 379 g/mol. The molecule has 2 aliphatic rings. The second-order valence-electron chi connectivity index (χ2n) is 7.47. The number of aromatic nitrogens is 5. The third kappa shape index (κ3) is 2.74. The van der Waals surface area contributed by atoms with Gasteiger partial charge in [0.2, 0.25) is 5.91 Å². The van der Waals surface area contributed by atoms with Crippen LogP contribution in [0.4, 0.5) is 0 Å². The maximum atomic E-state index is 13.1. The van der Waals surface area contributed by atoms with Crippen molar-refractivity contribution in [1.29, 1.82) is 0 Å². The number of rotatable bonds is 4. The van der Waals surface area contributed by atoms with Gasteiger partial charge in [-0.05, 0) is 31.5 Å². The normalized spacial score (nSPS) is 21.7. The van der Waals surface area contributed by atoms with Crippen molar-refractivity contribution in [3.05, 3.63) is 42.0 Å². The zero-order valence-electron chi connectivity index (χ0n) is 15.6. The standard InChI is InChI=1S/C19H21N7O2/c1-12-10-24(23-22-12)6-7-25-16-4-5-26(17(16)9-18(25)27)19(28)13-2-3-14-15(8-13)21-11-20-14/h2-3,8,10-11,16-17H,4-7,9H2,1H3,(H,20,21)/t16-,17-/m0/s1. The fourth-order valence-electron chi connectivity index (χ4n) is 4.42. The highest BCUT2D eigenvalue weighted by Gasteiger charge is 2.48. The summed E-state index contributed by atoms with van der Waals surface area (Å²) in [6, 6.07) is 5.51. The van der Waals surface area contributed by atoms with Crippen LogP contribution >= 0.6 is 0 Å². The highest BCUT2D eigenvalue weighted by atomic mass is 16.2. The molecule has 0 aliphatic carbocycles. The van der Waals surface area contributed by atoms with Crippen LogP contribution in [-0.2, 0) is 11.3 Å². The molecule has 5 rings (SSSR count). The van der Waals surface area contributed by atoms with Gasteiger partial charge in [0.1, 0.15) is 0 Å². The minimum Gasteiger partial charge on any atom is -0.345 e. The topological polar surface area (TPSA) is 100 Å². The molecule has 0 bridgehead atoms. The van der Waals surface area contributed by atoms with E-state index in [4.69, 9.17) is 0 Å². The Kier molecular flexibility index (Phi) is 3.88. The van der Waals surface area contributed by atoms with Crippen molar-refractivity contribution in [2.75, 3.05) is 13.1 Å². The van der Waals surface area contributed by atoms with Gasteiger partial charge in [-0.25, -0.2) is 4.98 Å². The Morgan fingerprint density at radius 1 is 1.29 bits per heavy atom. The second-order valence-corrected chi connectivity index (χ2v) is 7.47. The van der Waals surface area contributed by atoms with Gasteiger partial charge in [-0.2, -0.15) is 0 Å². The predicted molar refractivity (Wildman–Crippen MR) is 100 cm³/mol. The van der Waals surface area contributed by atoms with E-state index in [1.54, 1.807) is 17.1 Å². The number of benzene rings is 1. The van der Waals surface area contributed by atoms with Crippen LogP contribution in [0.1, 0.15) is 28.9 Å². The quantitative estimate of drug-likeness (QED) is 0.728. The highest BCUT2D eigenvalue weighted by Crippen LogP contribution is 2.33. The summed E-state index contributed by atoms with van der Waals surface area (Å²) in [4.78, 5) is 36.7. The zero-order valence-corrected chi connectivity index (χ0v) is 15.6. The van der Waals surface area contributed by atoms with Crippen LogP contribution in [-0.4, -0.2) is 71.7 Å². The Morgan fingerprint density at radius 2 is 2.18 bits per heavy atom. The van der Waals surface area contributed by atoms with Gasteiger partial charge in [0, 0.05) is 31.3 Å². The van der Waals surface area contributed by atoms with Crippen LogP contribution in [0.5, 0.6) is 0 Å². The number of carbonyl (C=O) groups is 2. The molecule has 2 fully saturated rings. The van der Waals surface area contributed by atoms with Crippen molar-refractivity contribution in [2.45, 2.75) is 38.4 Å². The first-order chi connectivity index (χ1) is 13.6. The number of amides is 2. The van der Waals surface area contributed by atoms with Crippen LogP contribution in [0.2, 0.25) is 0 Å². The largest absolute Gasteiger partial charge is 0.345 e. The molecule has 4 heterocycles. The molecule has 0 radical (unpaired) electrons. The number of hydrogen-bond donors (Lipinski definition) is 1. The number of nitrogens with zero attached hydrogens (tertiary/aromatic N) is 6. The summed E-state index contributed by atoms with van der Waals surface area (Å²) in [5.74, 6) is 0.0823. The molecule has 1 N–H and O–H groups in total. The molecule has 2 amide bonds. The average Bonchev–Trinajstić information content (AvgIpc) is 3.44. The van der Waals surface area contributed by atoms with E-state index in [0.717, 1.165) is 23.1 Å². The predicted octanol–water partition coefficient (Wildman–Crippen LogP) is 0.978. The molecule has 1 aromatic carbocycles. The number of likely N-dealkylation sites (tertiary alicyclic amines) is 2. The first-order valence-electron chi connectivity index (χ1n) is 9.50. The SMILES string of the molecule is Cc1cn(CCN2C(=O)C[C@H]3[C@@H]2CCN3C(=O)c2ccc3nc[nH]c3c2)nn1. The number of imidazole rings is 1. The molecule has 28 heavy (non-hydrogen) atoms. The Morgan fingerprint density at radius 3 is 3.00 bits per heavy atom. The lowest BCUT2D eigenvalue weighted by atomic mass is 10.1. The molecule has 144 valence electrons. The lowest BCUT2D eigenvalue weighted by Gasteiger charge is -2.25. The van der Waals surface area contributed by atoms with Crippen molar-refractivity contribution < 1.29 is 9.59 Å². The van der Waals surface area contributed by atoms with E-state index >= 15 is 0 Å². The minimum absolute atomic E-state index is 0.0226. The second kappa shape index (κ2) is 6.43. The van der Waals surface area contributed by atoms with Gasteiger partial charge in [0.15, 0.2) is 0 Å². The third-order valence-corrected chi connectivity index (χ3v) is 5.77. The van der Waals surface area contributed by atoms with E-state index < -0.39 is 0 Å². The van der Waals surface area contributed by atoms with E-state index in [1.165, 1.54) is 0 Å². The van der Waals surface area contributed by atoms with Gasteiger partial charge < -0.3 is 14.8 Å². The minimum atomic E-state index is -0.0602. The fourth-order valence-corrected chi connectivity index (χ4v) is 4.42. The van der Waals surface area contributed by atoms with Crippen molar-refractivity contribution >= 4 is 22.8 Å². The maximum absolute atomic E-state index is 13.1. The number of hydrogen-bond acceptors (Lipinski definition) is 5. The van der Waals surface area contributed by atoms with E-state index in [0.29, 0.717) is 31.6 Å². The van der Waals surface area contributed by atoms with Crippen LogP contribution in [0.25, 0.3) is 11.0 Å². The molecule has 9 nitrogen and oxygen atoms in total. The van der Waals surface area contributed by atoms with Gasteiger partial charge in [-0.1, -0.05) is 5.21 Å². The van der Waals surface area contributed by atoms with Crippen molar-refractivity contribution in [3.63, 3.8) is 0 Å². The number of carbonyl (C=O) groups excluding carboxylic acids is 2. The first kappa shape index (κ1) is 16.9. The van der Waals surface area contributed by atoms with Crippen LogP contribution in [0.15, 0.2) is 30.7 Å². The summed E-state index contributed by atoms with van der Waals surface area (Å²) in [7, 11) is 0. The molecule has 9 heteroatoms. The van der Waals surface area contributed by atoms with E-state index in [-0.39, 0.29) is 23.9 Å². The Labute approximate surface area is 161 Å². The Balaban J connectivity index is 1.31. The Bertz CT molecular complexity index is 1060. The smallest absolute Gasteiger partial charge is 0.254 e. The monoisotopic (exact) mass is 379 g/mol. The molecular formula is C19H21N7O2. The van der Waals surface area contributed by atoms with E-state index in [2.05, 4.69) is 20.3 Å². The van der Waals surface area contributed by atoms with Gasteiger partial charge in [-0.3, -0.25) is 14.3 Å². The number of nitrogens with one attached hydrogen (secondary N) is 1. The van der Waals surface area contributed by atoms with E-state index in [1.807, 2.05) is 35.1 Å².